The van der Waals surface area contributed by atoms with Gasteiger partial charge in [0.1, 0.15) is 18.1 Å². The summed E-state index contributed by atoms with van der Waals surface area (Å²) in [6, 6.07) is 3.26. The third-order valence-corrected chi connectivity index (χ3v) is 5.52. The summed E-state index contributed by atoms with van der Waals surface area (Å²) in [6.45, 7) is 0. The first kappa shape index (κ1) is 32.5. The zero-order valence-corrected chi connectivity index (χ0v) is 21.1. The molecular weight excluding hydrogens is 516 g/mol. The maximum Gasteiger partial charge on any atom is 0.326 e. The van der Waals surface area contributed by atoms with E-state index in [9.17, 15) is 38.7 Å². The average molecular weight is 551 g/mol. The smallest absolute Gasteiger partial charge is 0.326 e. The Morgan fingerprint density at radius 2 is 1.10 bits per heavy atom. The molecule has 5 amide bonds. The standard InChI is InChI=1S/C24H34N6O9/c25-14(12-13-4-2-1-3-5-13)21(35)28-16(8-11-20(33)34)22(36)29-15(6-9-18(26)31)23(37)30-17(24(38)39)7-10-19(27)32/h1-5,14-17H,6-12,25H2,(H2,26,31)(H2,27,32)(H,28,35)(H,29,36)(H,30,37)(H,33,34)(H,38,39). The molecule has 11 N–H and O–H groups in total. The SMILES string of the molecule is NC(=O)CCC(NC(=O)C(CCC(N)=O)NC(=O)C(CCC(=O)O)NC(=O)C(N)Cc1ccccc1)C(=O)O. The summed E-state index contributed by atoms with van der Waals surface area (Å²) >= 11 is 0. The minimum absolute atomic E-state index is 0.130. The van der Waals surface area contributed by atoms with Gasteiger partial charge in [0, 0.05) is 19.3 Å². The molecule has 0 fully saturated rings. The molecule has 15 heteroatoms. The van der Waals surface area contributed by atoms with Gasteiger partial charge in [0.15, 0.2) is 0 Å². The molecule has 1 aromatic carbocycles. The first-order valence-electron chi connectivity index (χ1n) is 12.0. The van der Waals surface area contributed by atoms with Crippen LogP contribution >= 0.6 is 0 Å². The molecule has 0 spiro atoms. The zero-order chi connectivity index (χ0) is 29.5. The number of hydrogen-bond donors (Lipinski definition) is 8. The van der Waals surface area contributed by atoms with Crippen LogP contribution in [0, 0.1) is 0 Å². The van der Waals surface area contributed by atoms with E-state index in [1.807, 2.05) is 0 Å². The Kier molecular flexibility index (Phi) is 13.6. The maximum absolute atomic E-state index is 13.0. The number of nitrogens with one attached hydrogen (secondary N) is 3. The van der Waals surface area contributed by atoms with Crippen molar-refractivity contribution in [2.75, 3.05) is 0 Å². The Balaban J connectivity index is 3.03. The van der Waals surface area contributed by atoms with E-state index >= 15 is 0 Å². The molecule has 0 saturated heterocycles. The molecule has 0 aromatic heterocycles. The fourth-order valence-electron chi connectivity index (χ4n) is 3.42. The highest BCUT2D eigenvalue weighted by Crippen LogP contribution is 2.07. The van der Waals surface area contributed by atoms with Gasteiger partial charge in [0.2, 0.25) is 29.5 Å². The van der Waals surface area contributed by atoms with Crippen LogP contribution in [0.25, 0.3) is 0 Å². The molecule has 0 saturated carbocycles. The van der Waals surface area contributed by atoms with Crippen molar-refractivity contribution in [2.45, 2.75) is 69.1 Å². The van der Waals surface area contributed by atoms with E-state index in [0.717, 1.165) is 5.56 Å². The molecule has 15 nitrogen and oxygen atoms in total. The number of rotatable bonds is 18. The third-order valence-electron chi connectivity index (χ3n) is 5.52. The van der Waals surface area contributed by atoms with Gasteiger partial charge in [-0.3, -0.25) is 28.8 Å². The molecule has 0 radical (unpaired) electrons. The van der Waals surface area contributed by atoms with Crippen molar-refractivity contribution in [1.82, 2.24) is 16.0 Å². The molecule has 0 aliphatic rings. The molecule has 4 unspecified atom stereocenters. The highest BCUT2D eigenvalue weighted by atomic mass is 16.4. The topological polar surface area (TPSA) is 274 Å². The average Bonchev–Trinajstić information content (AvgIpc) is 2.86. The van der Waals surface area contributed by atoms with E-state index in [2.05, 4.69) is 16.0 Å². The van der Waals surface area contributed by atoms with E-state index in [-0.39, 0.29) is 38.5 Å². The largest absolute Gasteiger partial charge is 0.481 e. The van der Waals surface area contributed by atoms with Crippen LogP contribution in [0.15, 0.2) is 30.3 Å². The van der Waals surface area contributed by atoms with Crippen molar-refractivity contribution in [3.63, 3.8) is 0 Å². The lowest BCUT2D eigenvalue weighted by Crippen LogP contribution is -2.57. The minimum atomic E-state index is -1.53. The molecule has 1 rings (SSSR count). The number of benzene rings is 1. The minimum Gasteiger partial charge on any atom is -0.481 e. The second-order valence-corrected chi connectivity index (χ2v) is 8.76. The van der Waals surface area contributed by atoms with Crippen LogP contribution in [0.3, 0.4) is 0 Å². The normalized spacial score (nSPS) is 13.7. The highest BCUT2D eigenvalue weighted by Gasteiger charge is 2.31. The molecule has 0 aliphatic carbocycles. The molecule has 0 heterocycles. The molecule has 0 bridgehead atoms. The van der Waals surface area contributed by atoms with Gasteiger partial charge in [0.05, 0.1) is 6.04 Å². The Morgan fingerprint density at radius 1 is 0.667 bits per heavy atom. The number of nitrogens with two attached hydrogens (primary N) is 3. The summed E-state index contributed by atoms with van der Waals surface area (Å²) in [5.41, 5.74) is 16.9. The Morgan fingerprint density at radius 3 is 1.56 bits per heavy atom. The Bertz CT molecular complexity index is 1050. The number of hydrogen-bond acceptors (Lipinski definition) is 8. The summed E-state index contributed by atoms with van der Waals surface area (Å²) in [7, 11) is 0. The molecule has 0 aliphatic heterocycles. The van der Waals surface area contributed by atoms with Crippen molar-refractivity contribution in [3.8, 4) is 0 Å². The first-order chi connectivity index (χ1) is 18.3. The van der Waals surface area contributed by atoms with Crippen molar-refractivity contribution in [3.05, 3.63) is 35.9 Å². The van der Waals surface area contributed by atoms with Gasteiger partial charge < -0.3 is 43.4 Å². The van der Waals surface area contributed by atoms with Crippen molar-refractivity contribution >= 4 is 41.5 Å². The molecular formula is C24H34N6O9. The first-order valence-corrected chi connectivity index (χ1v) is 12.0. The monoisotopic (exact) mass is 550 g/mol. The van der Waals surface area contributed by atoms with Gasteiger partial charge in [-0.25, -0.2) is 4.79 Å². The lowest BCUT2D eigenvalue weighted by atomic mass is 10.0. The quantitative estimate of drug-likeness (QED) is 0.0950. The molecule has 4 atom stereocenters. The van der Waals surface area contributed by atoms with E-state index in [0.29, 0.717) is 0 Å². The van der Waals surface area contributed by atoms with Crippen LogP contribution in [0.4, 0.5) is 0 Å². The van der Waals surface area contributed by atoms with E-state index in [1.54, 1.807) is 30.3 Å². The zero-order valence-electron chi connectivity index (χ0n) is 21.1. The van der Waals surface area contributed by atoms with Gasteiger partial charge in [-0.2, -0.15) is 0 Å². The van der Waals surface area contributed by atoms with E-state index in [1.165, 1.54) is 0 Å². The van der Waals surface area contributed by atoms with Crippen molar-refractivity contribution < 1.29 is 43.8 Å². The number of carboxylic acid groups (broad SMARTS) is 2. The second-order valence-electron chi connectivity index (χ2n) is 8.76. The number of carbonyl (C=O) groups is 7. The molecule has 39 heavy (non-hydrogen) atoms. The summed E-state index contributed by atoms with van der Waals surface area (Å²) in [5.74, 6) is -7.05. The van der Waals surface area contributed by atoms with E-state index in [4.69, 9.17) is 22.3 Å². The van der Waals surface area contributed by atoms with Gasteiger partial charge in [-0.15, -0.1) is 0 Å². The van der Waals surface area contributed by atoms with Gasteiger partial charge in [-0.05, 0) is 31.2 Å². The van der Waals surface area contributed by atoms with Gasteiger partial charge >= 0.3 is 11.9 Å². The Hall–Kier alpha value is -4.53. The van der Waals surface area contributed by atoms with Crippen molar-refractivity contribution in [2.24, 2.45) is 17.2 Å². The summed E-state index contributed by atoms with van der Waals surface area (Å²) in [6.07, 6.45) is -2.12. The third kappa shape index (κ3) is 13.0. The lowest BCUT2D eigenvalue weighted by molar-refractivity contribution is -0.142. The number of amides is 5. The second kappa shape index (κ2) is 16.3. The summed E-state index contributed by atoms with van der Waals surface area (Å²) in [4.78, 5) is 83.4. The summed E-state index contributed by atoms with van der Waals surface area (Å²) < 4.78 is 0. The highest BCUT2D eigenvalue weighted by molar-refractivity contribution is 5.94. The number of carbonyl (C=O) groups excluding carboxylic acids is 5. The van der Waals surface area contributed by atoms with Crippen LogP contribution in [-0.2, 0) is 40.0 Å². The fourth-order valence-corrected chi connectivity index (χ4v) is 3.42. The lowest BCUT2D eigenvalue weighted by Gasteiger charge is -2.25. The van der Waals surface area contributed by atoms with Crippen LogP contribution in [0.1, 0.15) is 44.1 Å². The Labute approximate surface area is 223 Å². The number of aliphatic carboxylic acids is 2. The van der Waals surface area contributed by atoms with E-state index < -0.39 is 72.1 Å². The van der Waals surface area contributed by atoms with Gasteiger partial charge in [0.25, 0.3) is 0 Å². The van der Waals surface area contributed by atoms with Crippen molar-refractivity contribution in [1.29, 1.82) is 0 Å². The molecule has 214 valence electrons. The summed E-state index contributed by atoms with van der Waals surface area (Å²) in [5, 5.41) is 25.3. The molecule has 1 aromatic rings. The predicted octanol–water partition coefficient (Wildman–Crippen LogP) is -2.51. The maximum atomic E-state index is 13.0. The number of primary amides is 2. The predicted molar refractivity (Wildman–Crippen MR) is 135 cm³/mol. The van der Waals surface area contributed by atoms with Gasteiger partial charge in [-0.1, -0.05) is 30.3 Å². The van der Waals surface area contributed by atoms with Crippen LogP contribution in [0.5, 0.6) is 0 Å². The van der Waals surface area contributed by atoms with Crippen LogP contribution < -0.4 is 33.2 Å². The van der Waals surface area contributed by atoms with Crippen LogP contribution in [0.2, 0.25) is 0 Å². The fraction of sp³-hybridized carbons (Fsp3) is 0.458. The number of carboxylic acids is 2. The van der Waals surface area contributed by atoms with Crippen LogP contribution in [-0.4, -0.2) is 75.9 Å².